The van der Waals surface area contributed by atoms with Crippen LogP contribution in [0.5, 0.6) is 0 Å². The molecule has 1 aliphatic heterocycles. The molecule has 3 aromatic heterocycles. The summed E-state index contributed by atoms with van der Waals surface area (Å²) < 4.78 is 8.85. The number of fused-ring (bicyclic) bond motifs is 7. The smallest absolute Gasteiger partial charge is 0.244 e. The van der Waals surface area contributed by atoms with Crippen LogP contribution in [-0.2, 0) is 26.2 Å². The van der Waals surface area contributed by atoms with Crippen LogP contribution < -0.4 is 43.1 Å². The van der Waals surface area contributed by atoms with Crippen LogP contribution in [0.25, 0.3) is 0 Å². The molecule has 0 radical (unpaired) electrons. The highest BCUT2D eigenvalue weighted by molar-refractivity contribution is 5.25. The first-order chi connectivity index (χ1) is 13.8. The zero-order valence-electron chi connectivity index (χ0n) is 16.8. The standard InChI is InChI=1S/C21H21N5.CH4O.2BrH/c1-2-5-19-13-24-9-11-26(17-24)15-21-7-3-6-20(22-21)14-25-10-8-23(16-25)12-18(19)4-1;1-2;;/h1-11,16-17H,12-15H2;2H,1H3;2*1H/q+2;;;/p-2. The number of benzene rings is 1. The lowest BCUT2D eigenvalue weighted by molar-refractivity contribution is -0.693. The molecule has 6 bridgehead atoms. The zero-order valence-corrected chi connectivity index (χ0v) is 19.9. The fraction of sp³-hybridized carbons (Fsp3) is 0.227. The first kappa shape index (κ1) is 24.0. The van der Waals surface area contributed by atoms with Crippen molar-refractivity contribution in [3.63, 3.8) is 0 Å². The molecule has 1 aliphatic rings. The van der Waals surface area contributed by atoms with Gasteiger partial charge < -0.3 is 39.1 Å². The SMILES string of the molecule is CO.[Br-].[Br-].c1cc2nc(c1)Cn1cc[n+](c1)Cc1ccccc1C[n+]1ccn(c1)C2. The number of aliphatic hydroxyl groups excluding tert-OH is 1. The van der Waals surface area contributed by atoms with Crippen molar-refractivity contribution in [3.8, 4) is 0 Å². The van der Waals surface area contributed by atoms with Crippen LogP contribution >= 0.6 is 0 Å². The van der Waals surface area contributed by atoms with Gasteiger partial charge in [0.1, 0.15) is 51.0 Å². The summed E-state index contributed by atoms with van der Waals surface area (Å²) in [5, 5.41) is 7.00. The van der Waals surface area contributed by atoms with Crippen LogP contribution in [0, 0.1) is 0 Å². The minimum Gasteiger partial charge on any atom is -1.00 e. The molecular weight excluding hydrogens is 510 g/mol. The topological polar surface area (TPSA) is 50.7 Å². The maximum atomic E-state index is 7.00. The van der Waals surface area contributed by atoms with Gasteiger partial charge in [0.25, 0.3) is 0 Å². The Morgan fingerprint density at radius 2 is 1.20 bits per heavy atom. The third-order valence-electron chi connectivity index (χ3n) is 4.87. The second kappa shape index (κ2) is 11.2. The lowest BCUT2D eigenvalue weighted by Crippen LogP contribution is -3.00. The van der Waals surface area contributed by atoms with Crippen LogP contribution in [0.1, 0.15) is 22.5 Å². The predicted octanol–water partition coefficient (Wildman–Crippen LogP) is -4.62. The van der Waals surface area contributed by atoms with Crippen molar-refractivity contribution in [1.82, 2.24) is 14.1 Å². The van der Waals surface area contributed by atoms with Crippen LogP contribution in [0.3, 0.4) is 0 Å². The molecule has 1 N–H and O–H groups in total. The van der Waals surface area contributed by atoms with E-state index in [4.69, 9.17) is 10.1 Å². The van der Waals surface area contributed by atoms with E-state index < -0.39 is 0 Å². The Morgan fingerprint density at radius 1 is 0.733 bits per heavy atom. The highest BCUT2D eigenvalue weighted by Gasteiger charge is 2.13. The van der Waals surface area contributed by atoms with Gasteiger partial charge in [-0.3, -0.25) is 0 Å². The van der Waals surface area contributed by atoms with E-state index in [1.165, 1.54) is 11.1 Å². The van der Waals surface area contributed by atoms with Crippen molar-refractivity contribution in [2.24, 2.45) is 0 Å². The fourth-order valence-corrected chi connectivity index (χ4v) is 3.59. The summed E-state index contributed by atoms with van der Waals surface area (Å²) in [6, 6.07) is 15.0. The molecule has 4 heterocycles. The van der Waals surface area contributed by atoms with Gasteiger partial charge in [0.15, 0.2) is 0 Å². The minimum atomic E-state index is 0. The van der Waals surface area contributed by atoms with Crippen LogP contribution in [0.15, 0.2) is 79.9 Å². The quantitative estimate of drug-likeness (QED) is 0.203. The summed E-state index contributed by atoms with van der Waals surface area (Å²) in [6.45, 7) is 3.32. The van der Waals surface area contributed by atoms with Gasteiger partial charge in [0, 0.05) is 18.2 Å². The molecule has 0 amide bonds. The third kappa shape index (κ3) is 5.65. The summed E-state index contributed by atoms with van der Waals surface area (Å²) >= 11 is 0. The van der Waals surface area contributed by atoms with Crippen LogP contribution in [0.4, 0.5) is 0 Å². The van der Waals surface area contributed by atoms with Crippen molar-refractivity contribution in [3.05, 3.63) is 102 Å². The van der Waals surface area contributed by atoms with Gasteiger partial charge in [0.2, 0.25) is 12.7 Å². The molecule has 0 saturated carbocycles. The zero-order chi connectivity index (χ0) is 19.3. The van der Waals surface area contributed by atoms with Crippen LogP contribution in [0.2, 0.25) is 0 Å². The maximum Gasteiger partial charge on any atom is 0.244 e. The maximum absolute atomic E-state index is 7.00. The Labute approximate surface area is 197 Å². The molecular formula is C22H25Br2N5O. The van der Waals surface area contributed by atoms with Crippen molar-refractivity contribution in [2.45, 2.75) is 26.2 Å². The van der Waals surface area contributed by atoms with Crippen molar-refractivity contribution in [1.29, 1.82) is 0 Å². The van der Waals surface area contributed by atoms with Gasteiger partial charge in [-0.2, -0.15) is 0 Å². The predicted molar refractivity (Wildman–Crippen MR) is 104 cm³/mol. The van der Waals surface area contributed by atoms with Gasteiger partial charge >= 0.3 is 0 Å². The van der Waals surface area contributed by atoms with Crippen molar-refractivity contribution < 1.29 is 48.2 Å². The summed E-state index contributed by atoms with van der Waals surface area (Å²) in [6.07, 6.45) is 12.8. The van der Waals surface area contributed by atoms with Gasteiger partial charge in [-0.05, 0) is 12.1 Å². The Hall–Kier alpha value is -2.29. The second-order valence-electron chi connectivity index (χ2n) is 6.91. The van der Waals surface area contributed by atoms with E-state index in [2.05, 4.69) is 98.2 Å². The Balaban J connectivity index is 0.000000779. The van der Waals surface area contributed by atoms with E-state index in [1.54, 1.807) is 0 Å². The van der Waals surface area contributed by atoms with E-state index >= 15 is 0 Å². The average molecular weight is 535 g/mol. The van der Waals surface area contributed by atoms with E-state index in [9.17, 15) is 0 Å². The van der Waals surface area contributed by atoms with E-state index in [1.807, 2.05) is 0 Å². The summed E-state index contributed by atoms with van der Waals surface area (Å²) in [7, 11) is 1.00. The first-order valence-electron chi connectivity index (χ1n) is 9.38. The number of imidazole rings is 2. The van der Waals surface area contributed by atoms with Crippen LogP contribution in [-0.4, -0.2) is 26.3 Å². The van der Waals surface area contributed by atoms with Gasteiger partial charge in [-0.25, -0.2) is 23.3 Å². The number of halogens is 2. The summed E-state index contributed by atoms with van der Waals surface area (Å²) in [5.41, 5.74) is 4.87. The number of hydrogen-bond donors (Lipinski definition) is 1. The Kier molecular flexibility index (Phi) is 8.95. The van der Waals surface area contributed by atoms with E-state index in [-0.39, 0.29) is 34.0 Å². The van der Waals surface area contributed by atoms with E-state index in [0.717, 1.165) is 44.7 Å². The molecule has 0 spiro atoms. The number of hydrogen-bond acceptors (Lipinski definition) is 2. The van der Waals surface area contributed by atoms with E-state index in [0.29, 0.717) is 0 Å². The summed E-state index contributed by atoms with van der Waals surface area (Å²) in [4.78, 5) is 4.83. The molecule has 5 rings (SSSR count). The largest absolute Gasteiger partial charge is 1.00 e. The number of aromatic nitrogens is 5. The fourth-order valence-electron chi connectivity index (χ4n) is 3.59. The molecule has 0 unspecified atom stereocenters. The summed E-state index contributed by atoms with van der Waals surface area (Å²) in [5.74, 6) is 0. The van der Waals surface area contributed by atoms with Gasteiger partial charge in [0.05, 0.1) is 11.4 Å². The van der Waals surface area contributed by atoms with Crippen molar-refractivity contribution >= 4 is 0 Å². The van der Waals surface area contributed by atoms with Gasteiger partial charge in [-0.15, -0.1) is 0 Å². The molecule has 1 aromatic carbocycles. The molecule has 0 saturated heterocycles. The lowest BCUT2D eigenvalue weighted by Gasteiger charge is -2.05. The van der Waals surface area contributed by atoms with Gasteiger partial charge in [-0.1, -0.05) is 30.3 Å². The number of nitrogens with zero attached hydrogens (tertiary/aromatic N) is 5. The highest BCUT2D eigenvalue weighted by atomic mass is 79.9. The molecule has 0 aliphatic carbocycles. The molecule has 0 atom stereocenters. The molecule has 4 aromatic rings. The molecule has 6 nitrogen and oxygen atoms in total. The highest BCUT2D eigenvalue weighted by Crippen LogP contribution is 2.10. The molecule has 158 valence electrons. The molecule has 0 fully saturated rings. The lowest BCUT2D eigenvalue weighted by atomic mass is 10.1. The number of pyridine rings is 1. The first-order valence-corrected chi connectivity index (χ1v) is 9.38. The Morgan fingerprint density at radius 3 is 1.67 bits per heavy atom. The molecule has 30 heavy (non-hydrogen) atoms. The Bertz CT molecular complexity index is 996. The normalized spacial score (nSPS) is 11.9. The minimum absolute atomic E-state index is 0. The van der Waals surface area contributed by atoms with Crippen molar-refractivity contribution in [2.75, 3.05) is 7.11 Å². The number of aliphatic hydroxyl groups is 1. The average Bonchev–Trinajstić information content (AvgIpc) is 3.34. The second-order valence-corrected chi connectivity index (χ2v) is 6.91. The molecule has 8 heteroatoms. The monoisotopic (exact) mass is 533 g/mol. The third-order valence-corrected chi connectivity index (χ3v) is 4.87. The number of rotatable bonds is 0.